The topological polar surface area (TPSA) is 47.9 Å². The standard InChI is InChI=1S/C68H38N6S/c1-70-62-63(71-54-28-12-5-21-43(54)44-22-6-13-29-55(44)71)53(40-69)64(72-56-30-14-7-23-45(56)46-24-8-15-31-57(46)72)67(66(62)73-58-32-16-9-25-47(58)48-26-10-17-33-59(48)73)74-60-38-35-42(41-19-3-2-4-20-41)39-52(60)50-36-37-51-49-27-11-18-34-61(49)75-68(51)65(50)74/h2-39H. The molecule has 5 aromatic heterocycles. The Balaban J connectivity index is 1.24. The number of hydrogen-bond acceptors (Lipinski definition) is 2. The average Bonchev–Trinajstić information content (AvgIpc) is 4.32. The first-order valence-electron chi connectivity index (χ1n) is 25.1. The summed E-state index contributed by atoms with van der Waals surface area (Å²) in [5.41, 5.74) is 13.2. The summed E-state index contributed by atoms with van der Waals surface area (Å²) in [4.78, 5) is 4.78. The molecule has 5 heterocycles. The second-order valence-electron chi connectivity index (χ2n) is 19.3. The Hall–Kier alpha value is -10.2. The summed E-state index contributed by atoms with van der Waals surface area (Å²) in [6, 6.07) is 84.5. The van der Waals surface area contributed by atoms with Crippen LogP contribution in [0.25, 0.3) is 146 Å². The van der Waals surface area contributed by atoms with Crippen molar-refractivity contribution in [2.45, 2.75) is 0 Å². The Morgan fingerprint density at radius 3 is 1.28 bits per heavy atom. The van der Waals surface area contributed by atoms with Crippen molar-refractivity contribution in [2.75, 3.05) is 0 Å². The van der Waals surface area contributed by atoms with Gasteiger partial charge in [0.25, 0.3) is 0 Å². The van der Waals surface area contributed by atoms with Gasteiger partial charge in [0, 0.05) is 58.6 Å². The normalized spacial score (nSPS) is 12.0. The van der Waals surface area contributed by atoms with Crippen LogP contribution in [0.5, 0.6) is 0 Å². The number of nitrogens with zero attached hydrogens (tertiary/aromatic N) is 6. The van der Waals surface area contributed by atoms with Crippen LogP contribution in [0, 0.1) is 17.9 Å². The highest BCUT2D eigenvalue weighted by Crippen LogP contribution is 2.53. The first-order valence-corrected chi connectivity index (χ1v) is 25.9. The molecule has 7 heteroatoms. The minimum absolute atomic E-state index is 0.364. The molecule has 0 saturated carbocycles. The summed E-state index contributed by atoms with van der Waals surface area (Å²) in [6.45, 7) is 9.79. The van der Waals surface area contributed by atoms with Crippen LogP contribution in [0.4, 0.5) is 5.69 Å². The molecule has 0 atom stereocenters. The number of para-hydroxylation sites is 6. The molecule has 0 N–H and O–H groups in total. The number of aromatic nitrogens is 4. The van der Waals surface area contributed by atoms with E-state index in [-0.39, 0.29) is 0 Å². The highest BCUT2D eigenvalue weighted by Gasteiger charge is 2.35. The van der Waals surface area contributed by atoms with Gasteiger partial charge in [0.05, 0.1) is 83.7 Å². The van der Waals surface area contributed by atoms with Crippen molar-refractivity contribution in [2.24, 2.45) is 0 Å². The summed E-state index contributed by atoms with van der Waals surface area (Å²) >= 11 is 1.79. The predicted octanol–water partition coefficient (Wildman–Crippen LogP) is 18.5. The minimum atomic E-state index is 0.364. The maximum Gasteiger partial charge on any atom is 0.237 e. The SMILES string of the molecule is [C-]#[N+]c1c(-n2c3ccccc3c3ccccc32)c(C#N)c(-n2c3ccccc3c3ccccc32)c(-n2c3ccc(-c4ccccc4)cc3c3ccc4c5ccccc5sc4c32)c1-n1c2ccccc2c2ccccc21. The van der Waals surface area contributed by atoms with E-state index in [9.17, 15) is 11.8 Å². The van der Waals surface area contributed by atoms with E-state index in [1.54, 1.807) is 11.3 Å². The molecular formula is C68H38N6S. The summed E-state index contributed by atoms with van der Waals surface area (Å²) in [5.74, 6) is 0. The van der Waals surface area contributed by atoms with Gasteiger partial charge in [0.1, 0.15) is 6.07 Å². The van der Waals surface area contributed by atoms with Crippen LogP contribution >= 0.6 is 11.3 Å². The van der Waals surface area contributed by atoms with Gasteiger partial charge in [-0.25, -0.2) is 4.85 Å². The molecule has 0 radical (unpaired) electrons. The van der Waals surface area contributed by atoms with Crippen molar-refractivity contribution in [3.05, 3.63) is 248 Å². The second-order valence-corrected chi connectivity index (χ2v) is 20.4. The van der Waals surface area contributed by atoms with Gasteiger partial charge < -0.3 is 18.3 Å². The molecular weight excluding hydrogens is 933 g/mol. The Bertz CT molecular complexity index is 4910. The summed E-state index contributed by atoms with van der Waals surface area (Å²) in [6.07, 6.45) is 0. The van der Waals surface area contributed by atoms with E-state index in [0.29, 0.717) is 28.3 Å². The fourth-order valence-corrected chi connectivity index (χ4v) is 13.8. The van der Waals surface area contributed by atoms with Crippen molar-refractivity contribution in [3.8, 4) is 39.9 Å². The van der Waals surface area contributed by atoms with Crippen LogP contribution in [0.3, 0.4) is 0 Å². The lowest BCUT2D eigenvalue weighted by Crippen LogP contribution is -2.14. The molecule has 0 aliphatic rings. The third kappa shape index (κ3) is 5.59. The van der Waals surface area contributed by atoms with Gasteiger partial charge >= 0.3 is 0 Å². The van der Waals surface area contributed by atoms with Crippen molar-refractivity contribution in [1.29, 1.82) is 5.26 Å². The molecule has 16 aromatic rings. The smallest absolute Gasteiger partial charge is 0.237 e. The Morgan fingerprint density at radius 2 is 0.773 bits per heavy atom. The molecule has 0 aliphatic carbocycles. The number of nitriles is 1. The minimum Gasteiger partial charge on any atom is -0.318 e. The van der Waals surface area contributed by atoms with Crippen molar-refractivity contribution < 1.29 is 0 Å². The lowest BCUT2D eigenvalue weighted by molar-refractivity contribution is 1.03. The summed E-state index contributed by atoms with van der Waals surface area (Å²) in [7, 11) is 0. The molecule has 346 valence electrons. The van der Waals surface area contributed by atoms with E-state index in [2.05, 4.69) is 255 Å². The third-order valence-electron chi connectivity index (χ3n) is 15.6. The van der Waals surface area contributed by atoms with Gasteiger partial charge in [0.15, 0.2) is 0 Å². The van der Waals surface area contributed by atoms with E-state index in [1.165, 1.54) is 10.1 Å². The quantitative estimate of drug-likeness (QED) is 0.159. The van der Waals surface area contributed by atoms with Gasteiger partial charge in [-0.3, -0.25) is 0 Å². The maximum absolute atomic E-state index is 12.6. The zero-order chi connectivity index (χ0) is 49.5. The Labute approximate surface area is 433 Å². The van der Waals surface area contributed by atoms with Crippen LogP contribution in [0.2, 0.25) is 0 Å². The second kappa shape index (κ2) is 15.7. The molecule has 75 heavy (non-hydrogen) atoms. The molecule has 0 aliphatic heterocycles. The molecule has 6 nitrogen and oxygen atoms in total. The van der Waals surface area contributed by atoms with Crippen molar-refractivity contribution >= 4 is 124 Å². The zero-order valence-electron chi connectivity index (χ0n) is 40.0. The number of fused-ring (bicyclic) bond motifs is 16. The van der Waals surface area contributed by atoms with Gasteiger partial charge in [-0.05, 0) is 65.7 Å². The summed E-state index contributed by atoms with van der Waals surface area (Å²) in [5, 5.41) is 23.4. The van der Waals surface area contributed by atoms with E-state index in [0.717, 1.165) is 114 Å². The molecule has 0 spiro atoms. The number of hydrogen-bond donors (Lipinski definition) is 0. The van der Waals surface area contributed by atoms with Gasteiger partial charge in [0.2, 0.25) is 5.69 Å². The highest BCUT2D eigenvalue weighted by atomic mass is 32.1. The largest absolute Gasteiger partial charge is 0.318 e. The van der Waals surface area contributed by atoms with Gasteiger partial charge in [-0.2, -0.15) is 5.26 Å². The van der Waals surface area contributed by atoms with Crippen LogP contribution in [-0.4, -0.2) is 18.3 Å². The lowest BCUT2D eigenvalue weighted by atomic mass is 10.0. The molecule has 0 amide bonds. The lowest BCUT2D eigenvalue weighted by Gasteiger charge is -2.27. The Kier molecular flexibility index (Phi) is 8.65. The fourth-order valence-electron chi connectivity index (χ4n) is 12.6. The zero-order valence-corrected chi connectivity index (χ0v) is 40.8. The van der Waals surface area contributed by atoms with E-state index in [1.807, 2.05) is 0 Å². The number of thiophene rings is 1. The first-order chi connectivity index (χ1) is 37.2. The molecule has 0 unspecified atom stereocenters. The molecule has 11 aromatic carbocycles. The molecule has 0 bridgehead atoms. The fraction of sp³-hybridized carbons (Fsp3) is 0. The van der Waals surface area contributed by atoms with Crippen molar-refractivity contribution in [1.82, 2.24) is 18.3 Å². The van der Waals surface area contributed by atoms with E-state index < -0.39 is 0 Å². The summed E-state index contributed by atoms with van der Waals surface area (Å²) < 4.78 is 11.6. The van der Waals surface area contributed by atoms with E-state index in [4.69, 9.17) is 4.85 Å². The molecule has 0 saturated heterocycles. The van der Waals surface area contributed by atoms with Crippen LogP contribution in [0.1, 0.15) is 5.56 Å². The number of benzene rings is 11. The first kappa shape index (κ1) is 41.4. The Morgan fingerprint density at radius 1 is 0.347 bits per heavy atom. The highest BCUT2D eigenvalue weighted by molar-refractivity contribution is 7.26. The van der Waals surface area contributed by atoms with Gasteiger partial charge in [-0.15, -0.1) is 11.3 Å². The van der Waals surface area contributed by atoms with Crippen LogP contribution in [0.15, 0.2) is 231 Å². The number of rotatable bonds is 5. The predicted molar refractivity (Wildman–Crippen MR) is 313 cm³/mol. The van der Waals surface area contributed by atoms with Crippen LogP contribution < -0.4 is 0 Å². The van der Waals surface area contributed by atoms with Crippen LogP contribution in [-0.2, 0) is 0 Å². The van der Waals surface area contributed by atoms with E-state index >= 15 is 0 Å². The van der Waals surface area contributed by atoms with Crippen molar-refractivity contribution in [3.63, 3.8) is 0 Å². The average molecular weight is 971 g/mol. The van der Waals surface area contributed by atoms with Gasteiger partial charge in [-0.1, -0.05) is 176 Å². The molecule has 16 rings (SSSR count). The molecule has 0 fully saturated rings. The monoisotopic (exact) mass is 970 g/mol. The maximum atomic E-state index is 12.6. The third-order valence-corrected chi connectivity index (χ3v) is 16.8.